The van der Waals surface area contributed by atoms with Gasteiger partial charge < -0.3 is 10.4 Å². The molecule has 0 bridgehead atoms. The second-order valence-corrected chi connectivity index (χ2v) is 6.69. The summed E-state index contributed by atoms with van der Waals surface area (Å²) >= 11 is 0. The Kier molecular flexibility index (Phi) is 4.29. The van der Waals surface area contributed by atoms with Gasteiger partial charge in [-0.2, -0.15) is 0 Å². The number of amides is 1. The van der Waals surface area contributed by atoms with E-state index in [-0.39, 0.29) is 17.9 Å². The summed E-state index contributed by atoms with van der Waals surface area (Å²) in [7, 11) is 0. The van der Waals surface area contributed by atoms with Crippen molar-refractivity contribution in [2.75, 3.05) is 0 Å². The molecule has 0 aliphatic heterocycles. The van der Waals surface area contributed by atoms with E-state index in [1.54, 1.807) is 0 Å². The number of hydrogen-bond donors (Lipinski definition) is 2. The molecule has 1 aromatic rings. The van der Waals surface area contributed by atoms with E-state index < -0.39 is 6.10 Å². The van der Waals surface area contributed by atoms with Gasteiger partial charge in [-0.15, -0.1) is 0 Å². The number of rotatable bonds is 5. The number of benzene rings is 1. The number of aliphatic hydroxyl groups excluding tert-OH is 1. The Balaban J connectivity index is 1.49. The molecule has 0 radical (unpaired) electrons. The minimum atomic E-state index is -0.530. The molecule has 4 unspecified atom stereocenters. The van der Waals surface area contributed by atoms with Gasteiger partial charge in [-0.3, -0.25) is 4.79 Å². The molecule has 21 heavy (non-hydrogen) atoms. The first-order valence-corrected chi connectivity index (χ1v) is 8.19. The number of nitrogens with one attached hydrogen (secondary N) is 1. The molecule has 1 aromatic carbocycles. The van der Waals surface area contributed by atoms with Crippen LogP contribution in [-0.2, 0) is 11.2 Å². The van der Waals surface area contributed by atoms with Crippen LogP contribution in [0.25, 0.3) is 0 Å². The maximum absolute atomic E-state index is 12.3. The fourth-order valence-electron chi connectivity index (χ4n) is 3.83. The van der Waals surface area contributed by atoms with Crippen molar-refractivity contribution >= 4 is 5.91 Å². The smallest absolute Gasteiger partial charge is 0.223 e. The van der Waals surface area contributed by atoms with Crippen molar-refractivity contribution < 1.29 is 9.90 Å². The zero-order valence-electron chi connectivity index (χ0n) is 12.7. The highest BCUT2D eigenvalue weighted by atomic mass is 16.3. The first-order chi connectivity index (χ1) is 10.2. The molecule has 1 amide bonds. The van der Waals surface area contributed by atoms with Gasteiger partial charge in [0.05, 0.1) is 12.1 Å². The zero-order chi connectivity index (χ0) is 14.8. The van der Waals surface area contributed by atoms with E-state index in [9.17, 15) is 9.90 Å². The predicted molar refractivity (Wildman–Crippen MR) is 82.7 cm³/mol. The molecule has 2 aliphatic carbocycles. The van der Waals surface area contributed by atoms with E-state index >= 15 is 0 Å². The first kappa shape index (κ1) is 14.6. The van der Waals surface area contributed by atoms with Crippen LogP contribution in [0.3, 0.4) is 0 Å². The maximum Gasteiger partial charge on any atom is 0.223 e. The molecule has 2 fully saturated rings. The molecule has 0 heterocycles. The van der Waals surface area contributed by atoms with E-state index in [0.717, 1.165) is 5.56 Å². The Labute approximate surface area is 126 Å². The second-order valence-electron chi connectivity index (χ2n) is 6.69. The lowest BCUT2D eigenvalue weighted by molar-refractivity contribution is -0.124. The highest BCUT2D eigenvalue weighted by Crippen LogP contribution is 2.55. The van der Waals surface area contributed by atoms with Crippen molar-refractivity contribution in [2.24, 2.45) is 17.8 Å². The maximum atomic E-state index is 12.3. The van der Waals surface area contributed by atoms with Gasteiger partial charge in [0.15, 0.2) is 0 Å². The number of carbonyl (C=O) groups is 1. The Bertz CT molecular complexity index is 475. The van der Waals surface area contributed by atoms with E-state index in [4.69, 9.17) is 0 Å². The standard InChI is InChI=1S/C18H25NO2/c1-12(16(20)11-13-7-3-2-4-8-13)19-18(21)17-14-9-5-6-10-15(14)17/h2-4,7-8,12,14-17,20H,5-6,9-11H2,1H3,(H,19,21). The molecule has 3 rings (SSSR count). The van der Waals surface area contributed by atoms with Crippen LogP contribution in [0.4, 0.5) is 0 Å². The molecule has 2 saturated carbocycles. The molecule has 0 saturated heterocycles. The molecule has 4 atom stereocenters. The van der Waals surface area contributed by atoms with E-state index in [0.29, 0.717) is 18.3 Å². The summed E-state index contributed by atoms with van der Waals surface area (Å²) in [4.78, 5) is 12.3. The summed E-state index contributed by atoms with van der Waals surface area (Å²) in [6.07, 6.45) is 5.03. The lowest BCUT2D eigenvalue weighted by Crippen LogP contribution is -2.43. The largest absolute Gasteiger partial charge is 0.391 e. The van der Waals surface area contributed by atoms with Crippen molar-refractivity contribution in [1.29, 1.82) is 0 Å². The van der Waals surface area contributed by atoms with Crippen LogP contribution in [0.5, 0.6) is 0 Å². The van der Waals surface area contributed by atoms with Gasteiger partial charge in [0.25, 0.3) is 0 Å². The normalized spacial score (nSPS) is 30.1. The Morgan fingerprint density at radius 3 is 2.48 bits per heavy atom. The minimum absolute atomic E-state index is 0.159. The number of aliphatic hydroxyl groups is 1. The monoisotopic (exact) mass is 287 g/mol. The molecule has 3 heteroatoms. The van der Waals surface area contributed by atoms with Crippen molar-refractivity contribution in [1.82, 2.24) is 5.32 Å². The van der Waals surface area contributed by atoms with Crippen molar-refractivity contribution in [3.05, 3.63) is 35.9 Å². The third kappa shape index (κ3) is 3.29. The van der Waals surface area contributed by atoms with Gasteiger partial charge in [-0.25, -0.2) is 0 Å². The molecular formula is C18H25NO2. The van der Waals surface area contributed by atoms with Crippen molar-refractivity contribution in [2.45, 2.75) is 51.2 Å². The van der Waals surface area contributed by atoms with Gasteiger partial charge in [0.1, 0.15) is 0 Å². The zero-order valence-corrected chi connectivity index (χ0v) is 12.7. The summed E-state index contributed by atoms with van der Waals surface area (Å²) in [5.41, 5.74) is 1.10. The molecular weight excluding hydrogens is 262 g/mol. The van der Waals surface area contributed by atoms with Crippen LogP contribution in [0.2, 0.25) is 0 Å². The molecule has 0 spiro atoms. The van der Waals surface area contributed by atoms with Crippen molar-refractivity contribution in [3.8, 4) is 0 Å². The van der Waals surface area contributed by atoms with Gasteiger partial charge >= 0.3 is 0 Å². The Morgan fingerprint density at radius 2 is 1.86 bits per heavy atom. The summed E-state index contributed by atoms with van der Waals surface area (Å²) in [6, 6.07) is 9.73. The summed E-state index contributed by atoms with van der Waals surface area (Å²) in [6.45, 7) is 1.90. The fourth-order valence-corrected chi connectivity index (χ4v) is 3.83. The van der Waals surface area contributed by atoms with E-state index in [2.05, 4.69) is 5.32 Å². The summed E-state index contributed by atoms with van der Waals surface area (Å²) in [5, 5.41) is 13.3. The van der Waals surface area contributed by atoms with Gasteiger partial charge in [-0.1, -0.05) is 43.2 Å². The molecule has 0 aromatic heterocycles. The molecule has 2 aliphatic rings. The first-order valence-electron chi connectivity index (χ1n) is 8.19. The van der Waals surface area contributed by atoms with Crippen LogP contribution in [-0.4, -0.2) is 23.2 Å². The fraction of sp³-hybridized carbons (Fsp3) is 0.611. The Morgan fingerprint density at radius 1 is 1.24 bits per heavy atom. The van der Waals surface area contributed by atoms with Crippen LogP contribution in [0.1, 0.15) is 38.2 Å². The predicted octanol–water partition coefficient (Wildman–Crippen LogP) is 2.53. The molecule has 2 N–H and O–H groups in total. The minimum Gasteiger partial charge on any atom is -0.391 e. The number of hydrogen-bond acceptors (Lipinski definition) is 2. The quantitative estimate of drug-likeness (QED) is 0.874. The Hall–Kier alpha value is -1.35. The highest BCUT2D eigenvalue weighted by molar-refractivity contribution is 5.82. The highest BCUT2D eigenvalue weighted by Gasteiger charge is 2.54. The lowest BCUT2D eigenvalue weighted by atomic mass is 10.0. The topological polar surface area (TPSA) is 49.3 Å². The van der Waals surface area contributed by atoms with Crippen LogP contribution < -0.4 is 5.32 Å². The number of carbonyl (C=O) groups excluding carboxylic acids is 1. The number of fused-ring (bicyclic) bond motifs is 1. The second kappa shape index (κ2) is 6.18. The average molecular weight is 287 g/mol. The van der Waals surface area contributed by atoms with Crippen LogP contribution >= 0.6 is 0 Å². The SMILES string of the molecule is CC(NC(=O)C1C2CCCCC21)C(O)Cc1ccccc1. The molecule has 114 valence electrons. The van der Waals surface area contributed by atoms with Crippen LogP contribution in [0.15, 0.2) is 30.3 Å². The van der Waals surface area contributed by atoms with E-state index in [1.165, 1.54) is 25.7 Å². The van der Waals surface area contributed by atoms with Crippen LogP contribution in [0, 0.1) is 17.8 Å². The summed E-state index contributed by atoms with van der Waals surface area (Å²) < 4.78 is 0. The lowest BCUT2D eigenvalue weighted by Gasteiger charge is -2.20. The van der Waals surface area contributed by atoms with Gasteiger partial charge in [0, 0.05) is 12.3 Å². The average Bonchev–Trinajstić information content (AvgIpc) is 3.22. The summed E-state index contributed by atoms with van der Waals surface area (Å²) in [5.74, 6) is 1.62. The molecule has 3 nitrogen and oxygen atoms in total. The van der Waals surface area contributed by atoms with E-state index in [1.807, 2.05) is 37.3 Å². The van der Waals surface area contributed by atoms with Gasteiger partial charge in [0.2, 0.25) is 5.91 Å². The van der Waals surface area contributed by atoms with Gasteiger partial charge in [-0.05, 0) is 37.2 Å². The van der Waals surface area contributed by atoms with Crippen molar-refractivity contribution in [3.63, 3.8) is 0 Å². The third-order valence-electron chi connectivity index (χ3n) is 5.19. The third-order valence-corrected chi connectivity index (χ3v) is 5.19.